The summed E-state index contributed by atoms with van der Waals surface area (Å²) in [6, 6.07) is 9.36. The molecule has 0 radical (unpaired) electrons. The minimum atomic E-state index is -0.123. The SMILES string of the molecule is O=C(c1ccc(Cl)o1)N1CCc2[nH]c3ccc(Br)cc3c2C1. The van der Waals surface area contributed by atoms with Crippen LogP contribution in [0.3, 0.4) is 0 Å². The molecule has 22 heavy (non-hydrogen) atoms. The lowest BCUT2D eigenvalue weighted by atomic mass is 10.0. The van der Waals surface area contributed by atoms with Gasteiger partial charge in [-0.15, -0.1) is 0 Å². The number of aromatic amines is 1. The van der Waals surface area contributed by atoms with Crippen LogP contribution in [0.25, 0.3) is 10.9 Å². The molecule has 3 aromatic rings. The molecule has 112 valence electrons. The van der Waals surface area contributed by atoms with Crippen LogP contribution in [0.2, 0.25) is 5.22 Å². The number of rotatable bonds is 1. The normalized spacial score (nSPS) is 14.4. The van der Waals surface area contributed by atoms with Gasteiger partial charge in [0.25, 0.3) is 5.91 Å². The van der Waals surface area contributed by atoms with Gasteiger partial charge in [-0.2, -0.15) is 0 Å². The maximum atomic E-state index is 12.5. The quantitative estimate of drug-likeness (QED) is 0.682. The highest BCUT2D eigenvalue weighted by Gasteiger charge is 2.26. The third kappa shape index (κ3) is 2.25. The second-order valence-corrected chi connectivity index (χ2v) is 6.64. The highest BCUT2D eigenvalue weighted by Crippen LogP contribution is 2.30. The molecule has 0 unspecified atom stereocenters. The van der Waals surface area contributed by atoms with E-state index in [-0.39, 0.29) is 16.9 Å². The van der Waals surface area contributed by atoms with Crippen LogP contribution in [0.5, 0.6) is 0 Å². The highest BCUT2D eigenvalue weighted by molar-refractivity contribution is 9.10. The molecule has 0 fully saturated rings. The van der Waals surface area contributed by atoms with Crippen LogP contribution in [0.4, 0.5) is 0 Å². The third-order valence-electron chi connectivity index (χ3n) is 4.01. The average molecular weight is 380 g/mol. The Morgan fingerprint density at radius 3 is 2.95 bits per heavy atom. The summed E-state index contributed by atoms with van der Waals surface area (Å²) in [6.45, 7) is 1.24. The number of amides is 1. The maximum Gasteiger partial charge on any atom is 0.289 e. The predicted octanol–water partition coefficient (Wildman–Crippen LogP) is 4.38. The number of benzene rings is 1. The van der Waals surface area contributed by atoms with E-state index in [2.05, 4.69) is 33.0 Å². The van der Waals surface area contributed by atoms with E-state index in [1.165, 1.54) is 11.3 Å². The van der Waals surface area contributed by atoms with Gasteiger partial charge >= 0.3 is 0 Å². The average Bonchev–Trinajstić information content (AvgIpc) is 3.09. The molecule has 1 amide bonds. The first kappa shape index (κ1) is 13.9. The van der Waals surface area contributed by atoms with Crippen molar-refractivity contribution in [3.8, 4) is 0 Å². The Morgan fingerprint density at radius 2 is 2.18 bits per heavy atom. The monoisotopic (exact) mass is 378 g/mol. The first-order valence-electron chi connectivity index (χ1n) is 6.95. The topological polar surface area (TPSA) is 49.2 Å². The molecule has 4 rings (SSSR count). The number of nitrogens with zero attached hydrogens (tertiary/aromatic N) is 1. The van der Waals surface area contributed by atoms with E-state index in [9.17, 15) is 4.79 Å². The predicted molar refractivity (Wildman–Crippen MR) is 88.2 cm³/mol. The van der Waals surface area contributed by atoms with Crippen molar-refractivity contribution in [1.82, 2.24) is 9.88 Å². The molecule has 0 atom stereocenters. The fourth-order valence-electron chi connectivity index (χ4n) is 2.94. The number of hydrogen-bond acceptors (Lipinski definition) is 2. The van der Waals surface area contributed by atoms with Crippen LogP contribution < -0.4 is 0 Å². The van der Waals surface area contributed by atoms with E-state index in [0.717, 1.165) is 21.8 Å². The maximum absolute atomic E-state index is 12.5. The van der Waals surface area contributed by atoms with Crippen LogP contribution in [0.1, 0.15) is 21.8 Å². The van der Waals surface area contributed by atoms with Gasteiger partial charge < -0.3 is 14.3 Å². The van der Waals surface area contributed by atoms with Crippen molar-refractivity contribution in [2.75, 3.05) is 6.54 Å². The summed E-state index contributed by atoms with van der Waals surface area (Å²) in [7, 11) is 0. The van der Waals surface area contributed by atoms with Crippen LogP contribution in [0, 0.1) is 0 Å². The van der Waals surface area contributed by atoms with Crippen molar-refractivity contribution in [2.24, 2.45) is 0 Å². The number of nitrogens with one attached hydrogen (secondary N) is 1. The number of carbonyl (C=O) groups is 1. The van der Waals surface area contributed by atoms with Crippen LogP contribution in [-0.4, -0.2) is 22.3 Å². The minimum absolute atomic E-state index is 0.123. The van der Waals surface area contributed by atoms with Crippen molar-refractivity contribution in [1.29, 1.82) is 0 Å². The fourth-order valence-corrected chi connectivity index (χ4v) is 3.45. The molecule has 0 spiro atoms. The summed E-state index contributed by atoms with van der Waals surface area (Å²) in [6.07, 6.45) is 0.807. The van der Waals surface area contributed by atoms with Gasteiger partial charge in [-0.05, 0) is 41.9 Å². The van der Waals surface area contributed by atoms with E-state index in [4.69, 9.17) is 16.0 Å². The Hall–Kier alpha value is -1.72. The summed E-state index contributed by atoms with van der Waals surface area (Å²) in [5.41, 5.74) is 3.48. The zero-order valence-electron chi connectivity index (χ0n) is 11.5. The van der Waals surface area contributed by atoms with Gasteiger partial charge in [0.05, 0.1) is 0 Å². The van der Waals surface area contributed by atoms with E-state index in [1.807, 2.05) is 6.07 Å². The zero-order valence-corrected chi connectivity index (χ0v) is 13.9. The first-order chi connectivity index (χ1) is 10.6. The van der Waals surface area contributed by atoms with Gasteiger partial charge in [-0.25, -0.2) is 0 Å². The Kier molecular flexibility index (Phi) is 3.27. The molecule has 0 saturated carbocycles. The Balaban J connectivity index is 1.70. The van der Waals surface area contributed by atoms with Gasteiger partial charge in [0.15, 0.2) is 11.0 Å². The number of fused-ring (bicyclic) bond motifs is 3. The lowest BCUT2D eigenvalue weighted by molar-refractivity contribution is 0.0703. The molecular formula is C16H12BrClN2O2. The Bertz CT molecular complexity index is 884. The minimum Gasteiger partial charge on any atom is -0.440 e. The van der Waals surface area contributed by atoms with E-state index >= 15 is 0 Å². The number of furan rings is 1. The van der Waals surface area contributed by atoms with Gasteiger partial charge in [0.1, 0.15) is 0 Å². The van der Waals surface area contributed by atoms with E-state index < -0.39 is 0 Å². The number of hydrogen-bond donors (Lipinski definition) is 1. The van der Waals surface area contributed by atoms with Crippen molar-refractivity contribution in [3.63, 3.8) is 0 Å². The van der Waals surface area contributed by atoms with Crippen molar-refractivity contribution < 1.29 is 9.21 Å². The fraction of sp³-hybridized carbons (Fsp3) is 0.188. The molecule has 1 aromatic carbocycles. The molecule has 0 saturated heterocycles. The van der Waals surface area contributed by atoms with Gasteiger partial charge in [0.2, 0.25) is 0 Å². The number of halogens is 2. The third-order valence-corrected chi connectivity index (χ3v) is 4.70. The molecule has 1 aliphatic heterocycles. The van der Waals surface area contributed by atoms with E-state index in [0.29, 0.717) is 13.1 Å². The largest absolute Gasteiger partial charge is 0.440 e. The lowest BCUT2D eigenvalue weighted by Gasteiger charge is -2.26. The summed E-state index contributed by atoms with van der Waals surface area (Å²) in [5.74, 6) is 0.163. The van der Waals surface area contributed by atoms with Crippen LogP contribution in [0.15, 0.2) is 39.2 Å². The molecule has 0 bridgehead atoms. The summed E-state index contributed by atoms with van der Waals surface area (Å²) in [4.78, 5) is 17.7. The Labute approximate surface area is 140 Å². The number of H-pyrrole nitrogens is 1. The molecule has 1 aliphatic rings. The van der Waals surface area contributed by atoms with Crippen LogP contribution >= 0.6 is 27.5 Å². The molecule has 3 heterocycles. The molecule has 6 heteroatoms. The van der Waals surface area contributed by atoms with Crippen molar-refractivity contribution in [2.45, 2.75) is 13.0 Å². The lowest BCUT2D eigenvalue weighted by Crippen LogP contribution is -2.35. The second-order valence-electron chi connectivity index (χ2n) is 5.35. The summed E-state index contributed by atoms with van der Waals surface area (Å²) < 4.78 is 6.26. The van der Waals surface area contributed by atoms with Gasteiger partial charge in [0, 0.05) is 46.1 Å². The van der Waals surface area contributed by atoms with E-state index in [1.54, 1.807) is 17.0 Å². The van der Waals surface area contributed by atoms with Crippen molar-refractivity contribution >= 4 is 44.3 Å². The van der Waals surface area contributed by atoms with Crippen molar-refractivity contribution in [3.05, 3.63) is 57.0 Å². The molecule has 2 aromatic heterocycles. The number of carbonyl (C=O) groups excluding carboxylic acids is 1. The molecular weight excluding hydrogens is 368 g/mol. The number of aromatic nitrogens is 1. The standard InChI is InChI=1S/C16H12BrClN2O2/c17-9-1-2-12-10(7-9)11-8-20(6-5-13(11)19-12)16(21)14-3-4-15(18)22-14/h1-4,7,19H,5-6,8H2. The summed E-state index contributed by atoms with van der Waals surface area (Å²) >= 11 is 9.26. The highest BCUT2D eigenvalue weighted by atomic mass is 79.9. The summed E-state index contributed by atoms with van der Waals surface area (Å²) in [5, 5.41) is 1.39. The second kappa shape index (κ2) is 5.18. The molecule has 4 nitrogen and oxygen atoms in total. The molecule has 0 aliphatic carbocycles. The van der Waals surface area contributed by atoms with Gasteiger partial charge in [-0.3, -0.25) is 4.79 Å². The smallest absolute Gasteiger partial charge is 0.289 e. The molecule has 1 N–H and O–H groups in total. The zero-order chi connectivity index (χ0) is 15.3. The van der Waals surface area contributed by atoms with Gasteiger partial charge in [-0.1, -0.05) is 15.9 Å². The van der Waals surface area contributed by atoms with Crippen LogP contribution in [-0.2, 0) is 13.0 Å². The first-order valence-corrected chi connectivity index (χ1v) is 8.12. The Morgan fingerprint density at radius 1 is 1.32 bits per heavy atom.